The smallest absolute Gasteiger partial charge is 0.399 e. The molecule has 2 saturated heterocycles. The van der Waals surface area contributed by atoms with E-state index in [0.29, 0.717) is 0 Å². The Morgan fingerprint density at radius 1 is 0.371 bits per heavy atom. The Balaban J connectivity index is 1.20. The molecule has 10 rings (SSSR count). The fourth-order valence-corrected chi connectivity index (χ4v) is 16.1. The SMILES string of the molecule is CC1(C)OB(c2cc(N3c4ccccc4[Si](C)(C)c4ccccc43)ccc2-c2ccc(N3c4ccccc4[Si](C)(C)c4ccccc43)cc2B2OC(C)(C)C(C)(C)O2)OC1(C)C. The molecule has 0 saturated carbocycles. The number of para-hydroxylation sites is 4. The number of nitrogens with zero attached hydrogens (tertiary/aromatic N) is 2. The van der Waals surface area contributed by atoms with E-state index in [1.807, 2.05) is 0 Å². The van der Waals surface area contributed by atoms with Crippen molar-refractivity contribution in [3.8, 4) is 11.1 Å². The van der Waals surface area contributed by atoms with E-state index in [-0.39, 0.29) is 0 Å². The summed E-state index contributed by atoms with van der Waals surface area (Å²) in [6, 6.07) is 49.5. The van der Waals surface area contributed by atoms with Crippen molar-refractivity contribution in [3.63, 3.8) is 0 Å². The van der Waals surface area contributed by atoms with Gasteiger partial charge in [-0.05, 0) is 147 Å². The van der Waals surface area contributed by atoms with Crippen LogP contribution < -0.4 is 41.5 Å². The van der Waals surface area contributed by atoms with Crippen molar-refractivity contribution in [2.45, 2.75) is 104 Å². The van der Waals surface area contributed by atoms with E-state index in [9.17, 15) is 0 Å². The van der Waals surface area contributed by atoms with Crippen LogP contribution in [-0.2, 0) is 18.6 Å². The van der Waals surface area contributed by atoms with Crippen LogP contribution in [0.2, 0.25) is 26.2 Å². The van der Waals surface area contributed by atoms with Crippen LogP contribution in [0, 0.1) is 0 Å². The molecule has 0 aromatic heterocycles. The van der Waals surface area contributed by atoms with Crippen molar-refractivity contribution < 1.29 is 18.6 Å². The van der Waals surface area contributed by atoms with Crippen molar-refractivity contribution in [1.82, 2.24) is 0 Å². The second kappa shape index (κ2) is 13.9. The van der Waals surface area contributed by atoms with E-state index >= 15 is 0 Å². The molecular formula is C52H58B2N2O4Si2. The number of benzene rings is 6. The predicted octanol–water partition coefficient (Wildman–Crippen LogP) is 9.16. The highest BCUT2D eigenvalue weighted by Gasteiger charge is 2.55. The first-order chi connectivity index (χ1) is 29.2. The van der Waals surface area contributed by atoms with Gasteiger partial charge in [0, 0.05) is 34.1 Å². The van der Waals surface area contributed by atoms with Gasteiger partial charge in [0.05, 0.1) is 22.4 Å². The second-order valence-electron chi connectivity index (χ2n) is 20.7. The summed E-state index contributed by atoms with van der Waals surface area (Å²) in [4.78, 5) is 4.88. The monoisotopic (exact) mass is 852 g/mol. The van der Waals surface area contributed by atoms with Gasteiger partial charge in [-0.2, -0.15) is 0 Å². The fraction of sp³-hybridized carbons (Fsp3) is 0.308. The number of anilines is 6. The molecule has 2 fully saturated rings. The van der Waals surface area contributed by atoms with Crippen LogP contribution in [0.3, 0.4) is 0 Å². The van der Waals surface area contributed by atoms with Crippen LogP contribution in [0.5, 0.6) is 0 Å². The minimum atomic E-state index is -1.99. The molecule has 6 aromatic carbocycles. The quantitative estimate of drug-likeness (QED) is 0.161. The van der Waals surface area contributed by atoms with Gasteiger partial charge in [0.15, 0.2) is 0 Å². The zero-order valence-electron chi connectivity index (χ0n) is 38.4. The lowest BCUT2D eigenvalue weighted by molar-refractivity contribution is 0.00578. The lowest BCUT2D eigenvalue weighted by atomic mass is 9.69. The molecule has 0 aliphatic carbocycles. The molecule has 4 aliphatic rings. The van der Waals surface area contributed by atoms with Crippen molar-refractivity contribution in [2.75, 3.05) is 9.80 Å². The van der Waals surface area contributed by atoms with E-state index in [1.165, 1.54) is 43.5 Å². The zero-order valence-corrected chi connectivity index (χ0v) is 40.4. The van der Waals surface area contributed by atoms with Gasteiger partial charge in [-0.15, -0.1) is 0 Å². The largest absolute Gasteiger partial charge is 0.495 e. The van der Waals surface area contributed by atoms with Gasteiger partial charge in [0.2, 0.25) is 0 Å². The third-order valence-corrected chi connectivity index (χ3v) is 22.2. The molecule has 314 valence electrons. The minimum Gasteiger partial charge on any atom is -0.399 e. The summed E-state index contributed by atoms with van der Waals surface area (Å²) in [5, 5.41) is 5.69. The normalized spacial score (nSPS) is 20.6. The molecule has 0 radical (unpaired) electrons. The number of fused-ring (bicyclic) bond motifs is 4. The Morgan fingerprint density at radius 3 is 0.903 bits per heavy atom. The Hall–Kier alpha value is -4.68. The van der Waals surface area contributed by atoms with Crippen LogP contribution >= 0.6 is 0 Å². The summed E-state index contributed by atoms with van der Waals surface area (Å²) >= 11 is 0. The van der Waals surface area contributed by atoms with Gasteiger partial charge in [-0.25, -0.2) is 0 Å². The van der Waals surface area contributed by atoms with Crippen LogP contribution in [0.4, 0.5) is 34.1 Å². The minimum absolute atomic E-state index is 0.546. The molecule has 0 N–H and O–H groups in total. The molecule has 62 heavy (non-hydrogen) atoms. The van der Waals surface area contributed by atoms with E-state index < -0.39 is 52.8 Å². The summed E-state index contributed by atoms with van der Waals surface area (Å²) in [7, 11) is -5.23. The molecule has 0 bridgehead atoms. The Bertz CT molecular complexity index is 2460. The summed E-state index contributed by atoms with van der Waals surface area (Å²) in [5.41, 5.74) is 8.81. The summed E-state index contributed by atoms with van der Waals surface area (Å²) < 4.78 is 27.9. The number of hydrogen-bond acceptors (Lipinski definition) is 6. The van der Waals surface area contributed by atoms with E-state index in [0.717, 1.165) is 33.4 Å². The Kier molecular flexibility index (Phi) is 9.28. The van der Waals surface area contributed by atoms with E-state index in [2.05, 4.69) is 225 Å². The Labute approximate surface area is 371 Å². The van der Waals surface area contributed by atoms with Gasteiger partial charge < -0.3 is 28.4 Å². The summed E-state index contributed by atoms with van der Waals surface area (Å²) in [6.07, 6.45) is 0. The topological polar surface area (TPSA) is 43.4 Å². The Morgan fingerprint density at radius 2 is 0.629 bits per heavy atom. The third-order valence-electron chi connectivity index (χ3n) is 15.2. The lowest BCUT2D eigenvalue weighted by Gasteiger charge is -2.41. The molecule has 6 nitrogen and oxygen atoms in total. The highest BCUT2D eigenvalue weighted by molar-refractivity contribution is 7.03. The van der Waals surface area contributed by atoms with Crippen LogP contribution in [0.15, 0.2) is 133 Å². The maximum atomic E-state index is 6.97. The van der Waals surface area contributed by atoms with Gasteiger partial charge in [-0.1, -0.05) is 111 Å². The molecule has 0 spiro atoms. The van der Waals surface area contributed by atoms with Crippen LogP contribution in [-0.4, -0.2) is 52.8 Å². The summed E-state index contributed by atoms with van der Waals surface area (Å²) in [5.74, 6) is 0. The molecule has 0 amide bonds. The van der Waals surface area contributed by atoms with Gasteiger partial charge in [0.25, 0.3) is 0 Å². The standard InChI is InChI=1S/C52H58B2N2O4Si2/c1-49(2)50(3,4)58-53(57-49)39-33-35(55-41-21-13-17-25-45(41)61(9,10)46-26-18-14-22-42(46)55)29-31-37(39)38-32-30-36(34-40(38)54-59-51(5,6)52(7,8)60-54)56-43-23-15-19-27-47(43)62(11,12)48-28-20-16-24-44(48)56/h13-34H,1-12H3. The molecular weight excluding hydrogens is 794 g/mol. The fourth-order valence-electron chi connectivity index (χ4n) is 10.1. The number of hydrogen-bond donors (Lipinski definition) is 0. The highest BCUT2D eigenvalue weighted by Crippen LogP contribution is 2.44. The maximum Gasteiger partial charge on any atom is 0.495 e. The van der Waals surface area contributed by atoms with E-state index in [4.69, 9.17) is 18.6 Å². The first kappa shape index (κ1) is 41.3. The average molecular weight is 853 g/mol. The second-order valence-corrected chi connectivity index (χ2v) is 29.4. The first-order valence-corrected chi connectivity index (χ1v) is 28.2. The summed E-state index contributed by atoms with van der Waals surface area (Å²) in [6.45, 7) is 26.9. The first-order valence-electron chi connectivity index (χ1n) is 22.2. The third kappa shape index (κ3) is 6.12. The predicted molar refractivity (Wildman–Crippen MR) is 266 cm³/mol. The zero-order chi connectivity index (χ0) is 43.8. The van der Waals surface area contributed by atoms with Crippen molar-refractivity contribution in [3.05, 3.63) is 133 Å². The highest BCUT2D eigenvalue weighted by atomic mass is 28.3. The van der Waals surface area contributed by atoms with Crippen LogP contribution in [0.1, 0.15) is 55.4 Å². The maximum absolute atomic E-state index is 6.97. The molecule has 10 heteroatoms. The molecule has 0 atom stereocenters. The van der Waals surface area contributed by atoms with Gasteiger partial charge in [0.1, 0.15) is 16.1 Å². The average Bonchev–Trinajstić information content (AvgIpc) is 3.60. The van der Waals surface area contributed by atoms with Crippen molar-refractivity contribution in [1.29, 1.82) is 0 Å². The van der Waals surface area contributed by atoms with E-state index in [1.54, 1.807) is 0 Å². The van der Waals surface area contributed by atoms with Crippen molar-refractivity contribution in [2.24, 2.45) is 0 Å². The lowest BCUT2D eigenvalue weighted by Crippen LogP contribution is -2.58. The number of rotatable bonds is 5. The van der Waals surface area contributed by atoms with Gasteiger partial charge in [-0.3, -0.25) is 0 Å². The molecule has 4 heterocycles. The molecule has 6 aromatic rings. The van der Waals surface area contributed by atoms with Crippen LogP contribution in [0.25, 0.3) is 11.1 Å². The molecule has 4 aliphatic heterocycles. The van der Waals surface area contributed by atoms with Gasteiger partial charge >= 0.3 is 14.2 Å². The van der Waals surface area contributed by atoms with Crippen molar-refractivity contribution >= 4 is 96.2 Å². The molecule has 0 unspecified atom stereocenters.